The topological polar surface area (TPSA) is 78.7 Å². The number of non-ortho nitro benzene ring substituents is 1. The van der Waals surface area contributed by atoms with Gasteiger partial charge < -0.3 is 9.47 Å². The first-order valence-corrected chi connectivity index (χ1v) is 9.98. The van der Waals surface area contributed by atoms with Crippen LogP contribution in [0.25, 0.3) is 6.08 Å². The number of hydrogen-bond acceptors (Lipinski definition) is 5. The quantitative estimate of drug-likeness (QED) is 0.252. The zero-order chi connectivity index (χ0) is 22.1. The van der Waals surface area contributed by atoms with Crippen LogP contribution in [0.2, 0.25) is 10.0 Å². The molecule has 0 fully saturated rings. The van der Waals surface area contributed by atoms with Crippen molar-refractivity contribution in [2.75, 3.05) is 0 Å². The molecule has 0 unspecified atom stereocenters. The maximum absolute atomic E-state index is 12.7. The molecule has 0 atom stereocenters. The van der Waals surface area contributed by atoms with Crippen LogP contribution in [0.4, 0.5) is 5.69 Å². The van der Waals surface area contributed by atoms with Gasteiger partial charge in [0.1, 0.15) is 18.1 Å². The molecule has 0 saturated carbocycles. The molecule has 0 radical (unpaired) electrons. The Morgan fingerprint density at radius 1 is 1.10 bits per heavy atom. The first-order chi connectivity index (χ1) is 14.8. The summed E-state index contributed by atoms with van der Waals surface area (Å²) in [5, 5.41) is 12.0. The van der Waals surface area contributed by atoms with E-state index in [4.69, 9.17) is 32.7 Å². The fourth-order valence-corrected chi connectivity index (χ4v) is 3.73. The number of nitrogens with zero attached hydrogens (tertiary/aromatic N) is 1. The molecule has 0 saturated heterocycles. The number of hydrogen-bond donors (Lipinski definition) is 0. The lowest BCUT2D eigenvalue weighted by Crippen LogP contribution is -2.00. The summed E-state index contributed by atoms with van der Waals surface area (Å²) >= 11 is 12.4. The summed E-state index contributed by atoms with van der Waals surface area (Å²) in [5.41, 5.74) is 2.14. The number of ether oxygens (including phenoxy) is 2. The molecule has 0 spiro atoms. The molecule has 1 aliphatic heterocycles. The van der Waals surface area contributed by atoms with E-state index < -0.39 is 4.92 Å². The molecular formula is C23H15Cl2NO5. The van der Waals surface area contributed by atoms with E-state index in [-0.39, 0.29) is 23.8 Å². The normalized spacial score (nSPS) is 13.8. The predicted octanol–water partition coefficient (Wildman–Crippen LogP) is 6.41. The monoisotopic (exact) mass is 455 g/mol. The van der Waals surface area contributed by atoms with Gasteiger partial charge in [-0.05, 0) is 42.8 Å². The van der Waals surface area contributed by atoms with Crippen LogP contribution in [0.1, 0.15) is 27.0 Å². The van der Waals surface area contributed by atoms with Crippen molar-refractivity contribution < 1.29 is 19.2 Å². The highest BCUT2D eigenvalue weighted by Crippen LogP contribution is 2.40. The van der Waals surface area contributed by atoms with Gasteiger partial charge in [0.2, 0.25) is 5.78 Å². The summed E-state index contributed by atoms with van der Waals surface area (Å²) in [5.74, 6) is 0.707. The molecular weight excluding hydrogens is 441 g/mol. The van der Waals surface area contributed by atoms with Crippen molar-refractivity contribution in [3.63, 3.8) is 0 Å². The summed E-state index contributed by atoms with van der Waals surface area (Å²) in [4.78, 5) is 23.2. The van der Waals surface area contributed by atoms with E-state index in [2.05, 4.69) is 0 Å². The van der Waals surface area contributed by atoms with Crippen LogP contribution in [-0.4, -0.2) is 10.7 Å². The molecule has 6 nitrogen and oxygen atoms in total. The Balaban J connectivity index is 1.59. The van der Waals surface area contributed by atoms with E-state index >= 15 is 0 Å². The van der Waals surface area contributed by atoms with Crippen molar-refractivity contribution in [1.29, 1.82) is 0 Å². The minimum atomic E-state index is -0.493. The summed E-state index contributed by atoms with van der Waals surface area (Å²) in [6, 6.07) is 14.5. The minimum absolute atomic E-state index is 0.0672. The van der Waals surface area contributed by atoms with Gasteiger partial charge in [0, 0.05) is 33.3 Å². The van der Waals surface area contributed by atoms with Gasteiger partial charge in [-0.1, -0.05) is 41.4 Å². The van der Waals surface area contributed by atoms with Gasteiger partial charge in [-0.3, -0.25) is 14.9 Å². The molecule has 0 N–H and O–H groups in total. The van der Waals surface area contributed by atoms with Crippen molar-refractivity contribution in [2.24, 2.45) is 0 Å². The van der Waals surface area contributed by atoms with Crippen LogP contribution in [0.3, 0.4) is 0 Å². The Hall–Kier alpha value is -3.35. The van der Waals surface area contributed by atoms with Gasteiger partial charge in [0.15, 0.2) is 5.76 Å². The van der Waals surface area contributed by atoms with Crippen LogP contribution in [0.15, 0.2) is 60.4 Å². The molecule has 31 heavy (non-hydrogen) atoms. The van der Waals surface area contributed by atoms with Gasteiger partial charge in [-0.2, -0.15) is 0 Å². The number of nitro groups is 1. The van der Waals surface area contributed by atoms with Crippen molar-refractivity contribution in [1.82, 2.24) is 0 Å². The number of halogens is 2. The van der Waals surface area contributed by atoms with Gasteiger partial charge in [-0.25, -0.2) is 0 Å². The van der Waals surface area contributed by atoms with Crippen LogP contribution >= 0.6 is 23.2 Å². The maximum atomic E-state index is 12.7. The Bertz CT molecular complexity index is 1230. The number of nitro benzene ring substituents is 1. The molecule has 156 valence electrons. The zero-order valence-electron chi connectivity index (χ0n) is 16.2. The van der Waals surface area contributed by atoms with E-state index in [0.717, 1.165) is 0 Å². The van der Waals surface area contributed by atoms with E-state index in [1.54, 1.807) is 49.4 Å². The van der Waals surface area contributed by atoms with Crippen molar-refractivity contribution in [3.05, 3.63) is 103 Å². The number of benzene rings is 3. The fraction of sp³-hybridized carbons (Fsp3) is 0.0870. The molecule has 1 heterocycles. The molecule has 3 aromatic rings. The number of Topliss-reactive ketones (excluding diaryl/α,β-unsaturated/α-hetero) is 1. The highest BCUT2D eigenvalue weighted by Gasteiger charge is 2.30. The Morgan fingerprint density at radius 2 is 1.81 bits per heavy atom. The zero-order valence-corrected chi connectivity index (χ0v) is 17.7. The number of allylic oxidation sites excluding steroid dienone is 1. The van der Waals surface area contributed by atoms with E-state index in [1.165, 1.54) is 18.2 Å². The van der Waals surface area contributed by atoms with Crippen LogP contribution in [0.5, 0.6) is 11.5 Å². The third-order valence-corrected chi connectivity index (χ3v) is 5.56. The number of carbonyl (C=O) groups excluding carboxylic acids is 1. The third kappa shape index (κ3) is 4.13. The maximum Gasteiger partial charge on any atom is 0.270 e. The number of fused-ring (bicyclic) bond motifs is 1. The number of rotatable bonds is 5. The lowest BCUT2D eigenvalue weighted by molar-refractivity contribution is -0.384. The second-order valence-electron chi connectivity index (χ2n) is 6.85. The molecule has 8 heteroatoms. The second kappa shape index (κ2) is 8.41. The van der Waals surface area contributed by atoms with Gasteiger partial charge in [-0.15, -0.1) is 0 Å². The van der Waals surface area contributed by atoms with Crippen molar-refractivity contribution in [3.8, 4) is 11.5 Å². The Morgan fingerprint density at radius 3 is 2.52 bits per heavy atom. The number of carbonyl (C=O) groups is 1. The van der Waals surface area contributed by atoms with E-state index in [0.29, 0.717) is 43.8 Å². The minimum Gasteiger partial charge on any atom is -0.488 e. The summed E-state index contributed by atoms with van der Waals surface area (Å²) in [6.07, 6.45) is 1.48. The van der Waals surface area contributed by atoms with Crippen LogP contribution < -0.4 is 9.47 Å². The molecule has 3 aromatic carbocycles. The third-order valence-electron chi connectivity index (χ3n) is 4.85. The van der Waals surface area contributed by atoms with Crippen LogP contribution in [-0.2, 0) is 6.61 Å². The lowest BCUT2D eigenvalue weighted by atomic mass is 10.1. The van der Waals surface area contributed by atoms with Gasteiger partial charge in [0.05, 0.1) is 10.5 Å². The van der Waals surface area contributed by atoms with Crippen molar-refractivity contribution >= 4 is 40.7 Å². The van der Waals surface area contributed by atoms with E-state index in [1.807, 2.05) is 0 Å². The van der Waals surface area contributed by atoms with Crippen LogP contribution in [0, 0.1) is 17.0 Å². The molecule has 4 rings (SSSR count). The summed E-state index contributed by atoms with van der Waals surface area (Å²) in [6.45, 7) is 1.94. The summed E-state index contributed by atoms with van der Waals surface area (Å²) in [7, 11) is 0. The first-order valence-electron chi connectivity index (χ1n) is 9.23. The largest absolute Gasteiger partial charge is 0.488 e. The highest BCUT2D eigenvalue weighted by molar-refractivity contribution is 6.35. The molecule has 0 aliphatic carbocycles. The Labute approximate surface area is 187 Å². The van der Waals surface area contributed by atoms with Gasteiger partial charge in [0.25, 0.3) is 5.69 Å². The SMILES string of the molecule is Cc1c(OCc2c(Cl)cccc2Cl)ccc2c1O/C(=C\c1cccc([N+](=O)[O-])c1)C2=O. The molecule has 0 bridgehead atoms. The van der Waals surface area contributed by atoms with Gasteiger partial charge >= 0.3 is 0 Å². The fourth-order valence-electron chi connectivity index (χ4n) is 3.22. The average Bonchev–Trinajstić information content (AvgIpc) is 3.05. The molecule has 0 aromatic heterocycles. The second-order valence-corrected chi connectivity index (χ2v) is 7.66. The Kier molecular flexibility index (Phi) is 5.67. The predicted molar refractivity (Wildman–Crippen MR) is 118 cm³/mol. The average molecular weight is 456 g/mol. The molecule has 0 amide bonds. The highest BCUT2D eigenvalue weighted by atomic mass is 35.5. The summed E-state index contributed by atoms with van der Waals surface area (Å²) < 4.78 is 11.7. The lowest BCUT2D eigenvalue weighted by Gasteiger charge is -2.13. The number of ketones is 1. The molecule has 1 aliphatic rings. The standard InChI is InChI=1S/C23H15Cl2NO5/c1-13-20(30-12-17-18(24)6-3-7-19(17)25)9-8-16-22(27)21(31-23(13)16)11-14-4-2-5-15(10-14)26(28)29/h2-11H,12H2,1H3/b21-11-. The first kappa shape index (κ1) is 20.9. The smallest absolute Gasteiger partial charge is 0.270 e. The van der Waals surface area contributed by atoms with Crippen molar-refractivity contribution in [2.45, 2.75) is 13.5 Å². The van der Waals surface area contributed by atoms with E-state index in [9.17, 15) is 14.9 Å².